The summed E-state index contributed by atoms with van der Waals surface area (Å²) in [6.07, 6.45) is 0.288. The topological polar surface area (TPSA) is 54.5 Å². The van der Waals surface area contributed by atoms with Crippen molar-refractivity contribution in [3.8, 4) is 0 Å². The number of carbonyl (C=O) groups is 1. The van der Waals surface area contributed by atoms with Gasteiger partial charge in [-0.2, -0.15) is 0 Å². The lowest BCUT2D eigenvalue weighted by Crippen LogP contribution is -2.32. The Bertz CT molecular complexity index is 892. The van der Waals surface area contributed by atoms with Crippen LogP contribution in [-0.4, -0.2) is 60.4 Å². The number of fused-ring (bicyclic) bond motifs is 2. The van der Waals surface area contributed by atoms with Crippen LogP contribution >= 0.6 is 23.2 Å². The first kappa shape index (κ1) is 21.6. The highest BCUT2D eigenvalue weighted by Crippen LogP contribution is 2.30. The number of alkyl halides is 2. The highest BCUT2D eigenvalue weighted by Gasteiger charge is 2.10. The molecular formula is C22H25Cl2N3O2. The Morgan fingerprint density at radius 2 is 1.52 bits per heavy atom. The van der Waals surface area contributed by atoms with Gasteiger partial charge < -0.3 is 10.1 Å². The van der Waals surface area contributed by atoms with Crippen molar-refractivity contribution in [2.24, 2.45) is 0 Å². The molecule has 0 fully saturated rings. The Hall–Kier alpha value is -2.08. The van der Waals surface area contributed by atoms with Crippen molar-refractivity contribution in [3.63, 3.8) is 0 Å². The summed E-state index contributed by atoms with van der Waals surface area (Å²) in [4.78, 5) is 18.9. The van der Waals surface area contributed by atoms with Crippen LogP contribution in [-0.2, 0) is 9.53 Å². The Labute approximate surface area is 180 Å². The lowest BCUT2D eigenvalue weighted by Gasteiger charge is -2.19. The minimum absolute atomic E-state index is 0.225. The van der Waals surface area contributed by atoms with Crippen molar-refractivity contribution in [2.75, 3.05) is 49.9 Å². The van der Waals surface area contributed by atoms with Gasteiger partial charge in [-0.1, -0.05) is 36.4 Å². The number of benzene rings is 2. The van der Waals surface area contributed by atoms with Crippen LogP contribution in [0.1, 0.15) is 6.42 Å². The summed E-state index contributed by atoms with van der Waals surface area (Å²) in [6, 6.07) is 16.0. The molecule has 0 aliphatic rings. The molecular weight excluding hydrogens is 409 g/mol. The van der Waals surface area contributed by atoms with Crippen molar-refractivity contribution in [2.45, 2.75) is 6.42 Å². The van der Waals surface area contributed by atoms with E-state index in [4.69, 9.17) is 32.9 Å². The molecule has 1 aromatic heterocycles. The van der Waals surface area contributed by atoms with Crippen LogP contribution in [0.15, 0.2) is 48.5 Å². The third-order valence-electron chi connectivity index (χ3n) is 4.69. The molecule has 0 unspecified atom stereocenters. The third kappa shape index (κ3) is 5.95. The van der Waals surface area contributed by atoms with Gasteiger partial charge in [-0.05, 0) is 12.1 Å². The van der Waals surface area contributed by atoms with Gasteiger partial charge in [0, 0.05) is 48.7 Å². The second-order valence-electron chi connectivity index (χ2n) is 6.64. The van der Waals surface area contributed by atoms with Crippen LogP contribution in [0.5, 0.6) is 0 Å². The molecule has 7 heteroatoms. The maximum atomic E-state index is 12.1. The molecule has 1 heterocycles. The highest BCUT2D eigenvalue weighted by molar-refractivity contribution is 6.18. The molecule has 5 nitrogen and oxygen atoms in total. The minimum Gasteiger partial charge on any atom is -0.464 e. The molecule has 0 saturated carbocycles. The van der Waals surface area contributed by atoms with Crippen LogP contribution in [0.2, 0.25) is 0 Å². The number of esters is 1. The number of carbonyl (C=O) groups excluding carboxylic acids is 1. The Morgan fingerprint density at radius 3 is 2.10 bits per heavy atom. The molecule has 3 aromatic rings. The molecule has 0 saturated heterocycles. The van der Waals surface area contributed by atoms with E-state index in [-0.39, 0.29) is 12.4 Å². The molecule has 3 rings (SSSR count). The van der Waals surface area contributed by atoms with Crippen LogP contribution in [0, 0.1) is 0 Å². The monoisotopic (exact) mass is 433 g/mol. The third-order valence-corrected chi connectivity index (χ3v) is 5.03. The predicted octanol–water partition coefficient (Wildman–Crippen LogP) is 4.51. The molecule has 2 aromatic carbocycles. The molecule has 0 spiro atoms. The molecule has 0 radical (unpaired) electrons. The second-order valence-corrected chi connectivity index (χ2v) is 7.39. The largest absolute Gasteiger partial charge is 0.464 e. The summed E-state index contributed by atoms with van der Waals surface area (Å²) < 4.78 is 5.36. The van der Waals surface area contributed by atoms with E-state index in [9.17, 15) is 4.79 Å². The number of hydrogen-bond acceptors (Lipinski definition) is 5. The summed E-state index contributed by atoms with van der Waals surface area (Å²) in [5.41, 5.74) is 2.85. The number of hydrogen-bond donors (Lipinski definition) is 1. The number of rotatable bonds is 11. The summed E-state index contributed by atoms with van der Waals surface area (Å²) >= 11 is 11.6. The standard InChI is InChI=1S/C22H25Cl2N3O2/c23-10-13-27(14-11-24)15-16-29-21(28)9-12-25-22-17-5-1-3-7-19(17)26-20-8-4-2-6-18(20)22/h1-8H,9-16H2,(H,25,26). The zero-order chi connectivity index (χ0) is 20.5. The van der Waals surface area contributed by atoms with Crippen LogP contribution < -0.4 is 5.32 Å². The number of nitrogens with one attached hydrogen (secondary N) is 1. The number of halogens is 2. The lowest BCUT2D eigenvalue weighted by molar-refractivity contribution is -0.143. The molecule has 0 aliphatic heterocycles. The lowest BCUT2D eigenvalue weighted by atomic mass is 10.1. The second kappa shape index (κ2) is 11.2. The first-order valence-electron chi connectivity index (χ1n) is 9.74. The minimum atomic E-state index is -0.225. The number of pyridine rings is 1. The van der Waals surface area contributed by atoms with Crippen LogP contribution in [0.25, 0.3) is 21.8 Å². The Balaban J connectivity index is 1.57. The smallest absolute Gasteiger partial charge is 0.307 e. The molecule has 1 N–H and O–H groups in total. The maximum Gasteiger partial charge on any atom is 0.307 e. The number of ether oxygens (including phenoxy) is 1. The highest BCUT2D eigenvalue weighted by atomic mass is 35.5. The average molecular weight is 434 g/mol. The summed E-state index contributed by atoms with van der Waals surface area (Å²) in [7, 11) is 0. The number of nitrogens with zero attached hydrogens (tertiary/aromatic N) is 2. The average Bonchev–Trinajstić information content (AvgIpc) is 2.73. The summed E-state index contributed by atoms with van der Waals surface area (Å²) in [5.74, 6) is 0.836. The zero-order valence-corrected chi connectivity index (χ0v) is 17.8. The van der Waals surface area contributed by atoms with E-state index >= 15 is 0 Å². The molecule has 0 bridgehead atoms. The van der Waals surface area contributed by atoms with E-state index in [1.807, 2.05) is 48.5 Å². The fraction of sp³-hybridized carbons (Fsp3) is 0.364. The van der Waals surface area contributed by atoms with Crippen LogP contribution in [0.3, 0.4) is 0 Å². The zero-order valence-electron chi connectivity index (χ0n) is 16.2. The van der Waals surface area contributed by atoms with Crippen LogP contribution in [0.4, 0.5) is 5.69 Å². The van der Waals surface area contributed by atoms with E-state index in [1.54, 1.807) is 0 Å². The quantitative estimate of drug-likeness (QED) is 0.273. The van der Waals surface area contributed by atoms with Gasteiger partial charge in [-0.25, -0.2) is 4.98 Å². The van der Waals surface area contributed by atoms with Crippen molar-refractivity contribution in [1.29, 1.82) is 0 Å². The summed E-state index contributed by atoms with van der Waals surface area (Å²) in [5, 5.41) is 5.49. The van der Waals surface area contributed by atoms with Crippen molar-refractivity contribution in [1.82, 2.24) is 9.88 Å². The van der Waals surface area contributed by atoms with E-state index in [2.05, 4.69) is 10.2 Å². The normalized spacial score (nSPS) is 11.3. The number of anilines is 1. The summed E-state index contributed by atoms with van der Waals surface area (Å²) in [6.45, 7) is 2.93. The van der Waals surface area contributed by atoms with Gasteiger partial charge in [-0.15, -0.1) is 23.2 Å². The molecule has 0 aliphatic carbocycles. The van der Waals surface area contributed by atoms with Gasteiger partial charge in [0.1, 0.15) is 6.61 Å². The van der Waals surface area contributed by atoms with E-state index in [1.165, 1.54) is 0 Å². The molecule has 0 amide bonds. The number of aromatic nitrogens is 1. The molecule has 29 heavy (non-hydrogen) atoms. The van der Waals surface area contributed by atoms with Gasteiger partial charge in [0.25, 0.3) is 0 Å². The van der Waals surface area contributed by atoms with Gasteiger partial charge >= 0.3 is 5.97 Å². The Kier molecular flexibility index (Phi) is 8.35. The predicted molar refractivity (Wildman–Crippen MR) is 121 cm³/mol. The van der Waals surface area contributed by atoms with Crippen molar-refractivity contribution in [3.05, 3.63) is 48.5 Å². The van der Waals surface area contributed by atoms with E-state index in [0.717, 1.165) is 40.6 Å². The molecule has 0 atom stereocenters. The van der Waals surface area contributed by atoms with Crippen molar-refractivity contribution < 1.29 is 9.53 Å². The van der Waals surface area contributed by atoms with Gasteiger partial charge in [-0.3, -0.25) is 9.69 Å². The van der Waals surface area contributed by atoms with E-state index in [0.29, 0.717) is 31.5 Å². The fourth-order valence-corrected chi connectivity index (χ4v) is 3.73. The molecule has 154 valence electrons. The SMILES string of the molecule is O=C(CCNc1c2ccccc2nc2ccccc12)OCCN(CCCl)CCCl. The van der Waals surface area contributed by atoms with Gasteiger partial charge in [0.15, 0.2) is 0 Å². The van der Waals surface area contributed by atoms with E-state index < -0.39 is 0 Å². The first-order chi connectivity index (χ1) is 14.2. The first-order valence-corrected chi connectivity index (χ1v) is 10.8. The Morgan fingerprint density at radius 1 is 0.931 bits per heavy atom. The van der Waals surface area contributed by atoms with Gasteiger partial charge in [0.2, 0.25) is 0 Å². The van der Waals surface area contributed by atoms with Crippen molar-refractivity contribution >= 4 is 56.7 Å². The van der Waals surface area contributed by atoms with Gasteiger partial charge in [0.05, 0.1) is 23.1 Å². The fourth-order valence-electron chi connectivity index (χ4n) is 3.26. The number of para-hydroxylation sites is 2. The maximum absolute atomic E-state index is 12.1.